The van der Waals surface area contributed by atoms with Gasteiger partial charge >= 0.3 is 5.69 Å². The first-order valence-corrected chi connectivity index (χ1v) is 10.1. The van der Waals surface area contributed by atoms with Gasteiger partial charge in [-0.2, -0.15) is 5.26 Å². The van der Waals surface area contributed by atoms with E-state index in [1.54, 1.807) is 0 Å². The van der Waals surface area contributed by atoms with E-state index >= 15 is 0 Å². The monoisotopic (exact) mass is 448 g/mol. The van der Waals surface area contributed by atoms with Crippen molar-refractivity contribution in [2.45, 2.75) is 13.3 Å². The molecule has 0 bridgehead atoms. The smallest absolute Gasteiger partial charge is 0.308 e. The van der Waals surface area contributed by atoms with E-state index in [0.717, 1.165) is 12.2 Å². The van der Waals surface area contributed by atoms with Gasteiger partial charge in [0.05, 0.1) is 27.8 Å². The predicted octanol–water partition coefficient (Wildman–Crippen LogP) is 6.67. The summed E-state index contributed by atoms with van der Waals surface area (Å²) in [6.45, 7) is 3.48. The molecule has 0 saturated heterocycles. The molecule has 8 nitrogen and oxygen atoms in total. The molecule has 29 heavy (non-hydrogen) atoms. The van der Waals surface area contributed by atoms with E-state index in [4.69, 9.17) is 28.5 Å². The number of nitro groups is 1. The van der Waals surface area contributed by atoms with Crippen LogP contribution in [0.1, 0.15) is 13.3 Å². The Balaban J connectivity index is 1.83. The van der Waals surface area contributed by atoms with Crippen molar-refractivity contribution >= 4 is 66.9 Å². The fraction of sp³-hybridized carbons (Fsp3) is 0.222. The maximum Gasteiger partial charge on any atom is 0.308 e. The fourth-order valence-corrected chi connectivity index (χ4v) is 4.26. The van der Waals surface area contributed by atoms with Gasteiger partial charge in [-0.15, -0.1) is 10.2 Å². The topological polar surface area (TPSA) is 108 Å². The number of benzene rings is 2. The van der Waals surface area contributed by atoms with Crippen molar-refractivity contribution in [2.24, 2.45) is 10.2 Å². The van der Waals surface area contributed by atoms with Gasteiger partial charge in [0.25, 0.3) is 0 Å². The zero-order chi connectivity index (χ0) is 21.0. The van der Waals surface area contributed by atoms with Gasteiger partial charge in [-0.1, -0.05) is 34.5 Å². The number of fused-ring (bicyclic) bond motifs is 1. The first-order chi connectivity index (χ1) is 13.9. The molecule has 0 amide bonds. The van der Waals surface area contributed by atoms with Crippen LogP contribution in [0.2, 0.25) is 10.0 Å². The Kier molecular flexibility index (Phi) is 6.59. The Morgan fingerprint density at radius 3 is 2.66 bits per heavy atom. The molecule has 3 rings (SSSR count). The molecular formula is C18H14Cl2N6O2S. The summed E-state index contributed by atoms with van der Waals surface area (Å²) in [5.41, 5.74) is 1.52. The molecule has 0 atom stereocenters. The highest BCUT2D eigenvalue weighted by Gasteiger charge is 2.23. The van der Waals surface area contributed by atoms with Crippen molar-refractivity contribution in [3.05, 3.63) is 50.5 Å². The van der Waals surface area contributed by atoms with E-state index in [1.165, 1.54) is 17.4 Å². The summed E-state index contributed by atoms with van der Waals surface area (Å²) in [5.74, 6) is 0. The summed E-state index contributed by atoms with van der Waals surface area (Å²) in [6.07, 6.45) is 0.456. The van der Waals surface area contributed by atoms with Crippen LogP contribution in [0.15, 0.2) is 40.6 Å². The third-order valence-corrected chi connectivity index (χ3v) is 5.60. The van der Waals surface area contributed by atoms with Gasteiger partial charge in [0.1, 0.15) is 15.6 Å². The van der Waals surface area contributed by atoms with Gasteiger partial charge in [0.2, 0.25) is 5.13 Å². The van der Waals surface area contributed by atoms with Crippen LogP contribution < -0.4 is 4.90 Å². The zero-order valence-electron chi connectivity index (χ0n) is 15.2. The second-order valence-electron chi connectivity index (χ2n) is 5.83. The average molecular weight is 449 g/mol. The van der Waals surface area contributed by atoms with Crippen molar-refractivity contribution in [1.29, 1.82) is 5.26 Å². The molecule has 1 aromatic heterocycles. The molecule has 11 heteroatoms. The van der Waals surface area contributed by atoms with Gasteiger partial charge in [0.15, 0.2) is 0 Å². The number of azo groups is 1. The van der Waals surface area contributed by atoms with Crippen LogP contribution in [-0.4, -0.2) is 23.0 Å². The van der Waals surface area contributed by atoms with E-state index in [1.807, 2.05) is 31.2 Å². The molecule has 2 aromatic carbocycles. The molecule has 0 aliphatic heterocycles. The van der Waals surface area contributed by atoms with Crippen molar-refractivity contribution in [3.8, 4) is 6.07 Å². The Morgan fingerprint density at radius 1 is 1.31 bits per heavy atom. The molecule has 0 radical (unpaired) electrons. The second kappa shape index (κ2) is 9.13. The van der Waals surface area contributed by atoms with Crippen molar-refractivity contribution in [2.75, 3.05) is 18.0 Å². The highest BCUT2D eigenvalue weighted by Crippen LogP contribution is 2.42. The lowest BCUT2D eigenvalue weighted by Gasteiger charge is -2.21. The van der Waals surface area contributed by atoms with E-state index < -0.39 is 4.92 Å². The number of nitro benzene ring substituents is 1. The molecule has 0 aliphatic rings. The van der Waals surface area contributed by atoms with E-state index in [2.05, 4.69) is 26.2 Å². The number of thiazole rings is 1. The maximum atomic E-state index is 11.1. The Morgan fingerprint density at radius 2 is 2.03 bits per heavy atom. The molecule has 0 N–H and O–H groups in total. The van der Waals surface area contributed by atoms with Crippen molar-refractivity contribution in [3.63, 3.8) is 0 Å². The van der Waals surface area contributed by atoms with Crippen LogP contribution >= 0.6 is 34.5 Å². The van der Waals surface area contributed by atoms with Crippen LogP contribution in [0.3, 0.4) is 0 Å². The van der Waals surface area contributed by atoms with Crippen LogP contribution in [0.25, 0.3) is 10.2 Å². The number of aromatic nitrogens is 1. The number of rotatable bonds is 7. The molecule has 1 heterocycles. The molecular weight excluding hydrogens is 435 g/mol. The quantitative estimate of drug-likeness (QED) is 0.227. The van der Waals surface area contributed by atoms with Gasteiger partial charge in [-0.25, -0.2) is 4.98 Å². The number of nitrogens with zero attached hydrogens (tertiary/aromatic N) is 6. The lowest BCUT2D eigenvalue weighted by atomic mass is 10.2. The fourth-order valence-electron chi connectivity index (χ4n) is 2.67. The predicted molar refractivity (Wildman–Crippen MR) is 115 cm³/mol. The van der Waals surface area contributed by atoms with Crippen LogP contribution in [0.5, 0.6) is 0 Å². The minimum absolute atomic E-state index is 0.0490. The highest BCUT2D eigenvalue weighted by atomic mass is 35.5. The SMILES string of the molecule is CCN(CCC#N)c1ccc(N=Nc2nc3c(Cl)c([N+](=O)[O-])c(Cl)cc3s2)cc1. The Labute approximate surface area is 180 Å². The largest absolute Gasteiger partial charge is 0.371 e. The third kappa shape index (κ3) is 4.62. The molecule has 0 spiro atoms. The lowest BCUT2D eigenvalue weighted by molar-refractivity contribution is -0.384. The first kappa shape index (κ1) is 20.9. The molecule has 0 saturated carbocycles. The van der Waals surface area contributed by atoms with Gasteiger partial charge < -0.3 is 4.90 Å². The molecule has 3 aromatic rings. The van der Waals surface area contributed by atoms with Crippen molar-refractivity contribution < 1.29 is 4.92 Å². The molecule has 0 aliphatic carbocycles. The molecule has 0 fully saturated rings. The number of nitriles is 1. The number of hydrogen-bond acceptors (Lipinski definition) is 8. The zero-order valence-corrected chi connectivity index (χ0v) is 17.5. The van der Waals surface area contributed by atoms with Crippen LogP contribution in [0.4, 0.5) is 22.2 Å². The number of anilines is 1. The first-order valence-electron chi connectivity index (χ1n) is 8.51. The maximum absolute atomic E-state index is 11.1. The Hall–Kier alpha value is -2.80. The summed E-state index contributed by atoms with van der Waals surface area (Å²) >= 11 is 13.2. The normalized spacial score (nSPS) is 11.1. The van der Waals surface area contributed by atoms with Crippen LogP contribution in [-0.2, 0) is 0 Å². The van der Waals surface area contributed by atoms with Gasteiger partial charge in [-0.3, -0.25) is 10.1 Å². The standard InChI is InChI=1S/C18H14Cl2N6O2S/c1-2-25(9-3-8-21)12-6-4-11(5-7-12)23-24-18-22-16-14(29-18)10-13(19)17(15(16)20)26(27)28/h4-7,10H,2-3,9H2,1H3. The van der Waals surface area contributed by atoms with E-state index in [-0.39, 0.29) is 21.2 Å². The molecule has 148 valence electrons. The van der Waals surface area contributed by atoms with E-state index in [0.29, 0.717) is 28.5 Å². The van der Waals surface area contributed by atoms with Crippen LogP contribution in [0, 0.1) is 21.4 Å². The Bertz CT molecular complexity index is 1120. The van der Waals surface area contributed by atoms with Gasteiger partial charge in [0, 0.05) is 18.8 Å². The summed E-state index contributed by atoms with van der Waals surface area (Å²) in [4.78, 5) is 16.8. The van der Waals surface area contributed by atoms with Gasteiger partial charge in [-0.05, 0) is 37.3 Å². The van der Waals surface area contributed by atoms with E-state index in [9.17, 15) is 10.1 Å². The highest BCUT2D eigenvalue weighted by molar-refractivity contribution is 7.22. The third-order valence-electron chi connectivity index (χ3n) is 4.07. The average Bonchev–Trinajstić information content (AvgIpc) is 3.10. The minimum Gasteiger partial charge on any atom is -0.371 e. The molecule has 0 unspecified atom stereocenters. The van der Waals surface area contributed by atoms with Crippen molar-refractivity contribution in [1.82, 2.24) is 4.98 Å². The number of halogens is 2. The second-order valence-corrected chi connectivity index (χ2v) is 7.62. The number of hydrogen-bond donors (Lipinski definition) is 0. The minimum atomic E-state index is -0.636. The summed E-state index contributed by atoms with van der Waals surface area (Å²) in [6, 6.07) is 11.0. The summed E-state index contributed by atoms with van der Waals surface area (Å²) in [7, 11) is 0. The summed E-state index contributed by atoms with van der Waals surface area (Å²) in [5, 5.41) is 28.3. The summed E-state index contributed by atoms with van der Waals surface area (Å²) < 4.78 is 0.589. The lowest BCUT2D eigenvalue weighted by Crippen LogP contribution is -2.23.